The van der Waals surface area contributed by atoms with E-state index in [1.165, 1.54) is 19.3 Å². The second-order valence-corrected chi connectivity index (χ2v) is 6.19. The van der Waals surface area contributed by atoms with Crippen molar-refractivity contribution in [2.75, 3.05) is 0 Å². The van der Waals surface area contributed by atoms with E-state index in [0.29, 0.717) is 23.6 Å². The fraction of sp³-hybridized carbons (Fsp3) is 0.562. The Morgan fingerprint density at radius 3 is 2.62 bits per heavy atom. The maximum atomic E-state index is 12.9. The lowest BCUT2D eigenvalue weighted by Crippen LogP contribution is -2.43. The van der Waals surface area contributed by atoms with Crippen LogP contribution in [-0.4, -0.2) is 37.3 Å². The van der Waals surface area contributed by atoms with Gasteiger partial charge in [-0.3, -0.25) is 9.20 Å². The van der Waals surface area contributed by atoms with Gasteiger partial charge in [-0.15, -0.1) is 0 Å². The summed E-state index contributed by atoms with van der Waals surface area (Å²) >= 11 is 0. The summed E-state index contributed by atoms with van der Waals surface area (Å²) in [6.45, 7) is 0. The van der Waals surface area contributed by atoms with Gasteiger partial charge in [0.05, 0.1) is 0 Å². The molecule has 110 valence electrons. The highest BCUT2D eigenvalue weighted by molar-refractivity contribution is 5.93. The molecule has 2 aliphatic carbocycles. The van der Waals surface area contributed by atoms with Crippen LogP contribution in [0, 0.1) is 0 Å². The summed E-state index contributed by atoms with van der Waals surface area (Å²) in [4.78, 5) is 23.6. The number of carbonyl (C=O) groups excluding carboxylic acids is 1. The molecule has 2 heterocycles. The van der Waals surface area contributed by atoms with Crippen LogP contribution in [0.2, 0.25) is 0 Å². The van der Waals surface area contributed by atoms with Crippen LogP contribution in [0.3, 0.4) is 0 Å². The van der Waals surface area contributed by atoms with E-state index in [0.717, 1.165) is 25.7 Å². The Kier molecular flexibility index (Phi) is 3.13. The molecule has 0 atom stereocenters. The molecule has 0 aromatic carbocycles. The van der Waals surface area contributed by atoms with E-state index in [9.17, 15) is 4.79 Å². The topological polar surface area (TPSA) is 50.5 Å². The van der Waals surface area contributed by atoms with Gasteiger partial charge in [0.25, 0.3) is 5.91 Å². The summed E-state index contributed by atoms with van der Waals surface area (Å²) in [5.41, 5.74) is 0.533. The normalized spacial score (nSPS) is 19.8. The van der Waals surface area contributed by atoms with Gasteiger partial charge in [-0.1, -0.05) is 19.3 Å². The van der Waals surface area contributed by atoms with Gasteiger partial charge >= 0.3 is 0 Å². The van der Waals surface area contributed by atoms with Crippen LogP contribution in [-0.2, 0) is 0 Å². The minimum atomic E-state index is 0.0925. The molecule has 1 amide bonds. The van der Waals surface area contributed by atoms with E-state index in [4.69, 9.17) is 0 Å². The number of amides is 1. The van der Waals surface area contributed by atoms with Crippen LogP contribution in [0.25, 0.3) is 5.78 Å². The first-order valence-electron chi connectivity index (χ1n) is 7.95. The van der Waals surface area contributed by atoms with Gasteiger partial charge in [-0.25, -0.2) is 9.97 Å². The SMILES string of the molecule is O=C(c1cn2cccnc2n1)N(C1CCCCC1)C1CC1. The Balaban J connectivity index is 1.63. The Hall–Kier alpha value is -1.91. The first kappa shape index (κ1) is 12.8. The number of imidazole rings is 1. The third-order valence-electron chi connectivity index (χ3n) is 4.60. The highest BCUT2D eigenvalue weighted by Gasteiger charge is 2.38. The molecule has 0 unspecified atom stereocenters. The Labute approximate surface area is 124 Å². The second-order valence-electron chi connectivity index (χ2n) is 6.19. The molecule has 21 heavy (non-hydrogen) atoms. The molecule has 5 nitrogen and oxygen atoms in total. The number of rotatable bonds is 3. The molecule has 0 spiro atoms. The number of carbonyl (C=O) groups is 1. The van der Waals surface area contributed by atoms with Gasteiger partial charge in [-0.05, 0) is 31.7 Å². The predicted molar refractivity (Wildman–Crippen MR) is 79.1 cm³/mol. The number of fused-ring (bicyclic) bond motifs is 1. The van der Waals surface area contributed by atoms with Crippen LogP contribution in [0.5, 0.6) is 0 Å². The van der Waals surface area contributed by atoms with Gasteiger partial charge in [0.15, 0.2) is 0 Å². The van der Waals surface area contributed by atoms with Gasteiger partial charge in [0, 0.05) is 30.7 Å². The molecule has 0 bridgehead atoms. The van der Waals surface area contributed by atoms with E-state index in [2.05, 4.69) is 14.9 Å². The van der Waals surface area contributed by atoms with E-state index < -0.39 is 0 Å². The van der Waals surface area contributed by atoms with Crippen molar-refractivity contribution in [1.29, 1.82) is 0 Å². The van der Waals surface area contributed by atoms with Crippen molar-refractivity contribution in [3.63, 3.8) is 0 Å². The lowest BCUT2D eigenvalue weighted by atomic mass is 9.94. The van der Waals surface area contributed by atoms with Gasteiger partial charge in [0.1, 0.15) is 5.69 Å². The number of aromatic nitrogens is 3. The summed E-state index contributed by atoms with van der Waals surface area (Å²) < 4.78 is 1.82. The second kappa shape index (κ2) is 5.13. The average Bonchev–Trinajstić information content (AvgIpc) is 3.25. The molecule has 2 aromatic rings. The summed E-state index contributed by atoms with van der Waals surface area (Å²) in [5.74, 6) is 0.690. The smallest absolute Gasteiger partial charge is 0.274 e. The maximum Gasteiger partial charge on any atom is 0.274 e. The number of nitrogens with zero attached hydrogens (tertiary/aromatic N) is 4. The standard InChI is InChI=1S/C16H20N4O/c21-15(14-11-19-10-4-9-17-16(19)18-14)20(13-7-8-13)12-5-2-1-3-6-12/h4,9-13H,1-3,5-8H2. The lowest BCUT2D eigenvalue weighted by Gasteiger charge is -2.34. The zero-order chi connectivity index (χ0) is 14.2. The fourth-order valence-corrected chi connectivity index (χ4v) is 3.41. The molecule has 0 saturated heterocycles. The van der Waals surface area contributed by atoms with Crippen molar-refractivity contribution in [3.8, 4) is 0 Å². The molecular weight excluding hydrogens is 264 g/mol. The van der Waals surface area contributed by atoms with Crippen LogP contribution >= 0.6 is 0 Å². The molecule has 2 aliphatic rings. The number of hydrogen-bond donors (Lipinski definition) is 0. The van der Waals surface area contributed by atoms with Crippen LogP contribution < -0.4 is 0 Å². The molecule has 0 aliphatic heterocycles. The third-order valence-corrected chi connectivity index (χ3v) is 4.60. The lowest BCUT2D eigenvalue weighted by molar-refractivity contribution is 0.0608. The van der Waals surface area contributed by atoms with Crippen molar-refractivity contribution < 1.29 is 4.79 Å². The Morgan fingerprint density at radius 2 is 1.90 bits per heavy atom. The monoisotopic (exact) mass is 284 g/mol. The first-order valence-corrected chi connectivity index (χ1v) is 7.95. The van der Waals surface area contributed by atoms with Crippen molar-refractivity contribution in [2.45, 2.75) is 57.0 Å². The van der Waals surface area contributed by atoms with E-state index in [1.54, 1.807) is 6.20 Å². The summed E-state index contributed by atoms with van der Waals surface area (Å²) in [7, 11) is 0. The predicted octanol–water partition coefficient (Wildman–Crippen LogP) is 2.67. The highest BCUT2D eigenvalue weighted by atomic mass is 16.2. The largest absolute Gasteiger partial charge is 0.331 e. The van der Waals surface area contributed by atoms with Crippen molar-refractivity contribution in [3.05, 3.63) is 30.4 Å². The minimum absolute atomic E-state index is 0.0925. The molecule has 0 N–H and O–H groups in total. The fourth-order valence-electron chi connectivity index (χ4n) is 3.41. The van der Waals surface area contributed by atoms with Crippen molar-refractivity contribution in [1.82, 2.24) is 19.3 Å². The average molecular weight is 284 g/mol. The molecule has 2 saturated carbocycles. The van der Waals surface area contributed by atoms with Crippen LogP contribution in [0.15, 0.2) is 24.7 Å². The zero-order valence-electron chi connectivity index (χ0n) is 12.1. The maximum absolute atomic E-state index is 12.9. The van der Waals surface area contributed by atoms with Crippen LogP contribution in [0.4, 0.5) is 0 Å². The summed E-state index contributed by atoms with van der Waals surface area (Å²) in [6, 6.07) is 2.71. The highest BCUT2D eigenvalue weighted by Crippen LogP contribution is 2.34. The third kappa shape index (κ3) is 2.41. The number of hydrogen-bond acceptors (Lipinski definition) is 3. The first-order chi connectivity index (χ1) is 10.3. The van der Waals surface area contributed by atoms with Crippen molar-refractivity contribution >= 4 is 11.7 Å². The van der Waals surface area contributed by atoms with E-state index in [1.807, 2.05) is 22.9 Å². The molecule has 2 fully saturated rings. The Bertz CT molecular complexity index is 622. The zero-order valence-corrected chi connectivity index (χ0v) is 12.1. The van der Waals surface area contributed by atoms with Gasteiger partial charge in [-0.2, -0.15) is 0 Å². The summed E-state index contributed by atoms with van der Waals surface area (Å²) in [6.07, 6.45) is 13.8. The van der Waals surface area contributed by atoms with Crippen molar-refractivity contribution in [2.24, 2.45) is 0 Å². The van der Waals surface area contributed by atoms with E-state index in [-0.39, 0.29) is 5.91 Å². The van der Waals surface area contributed by atoms with Gasteiger partial charge < -0.3 is 4.90 Å². The molecule has 4 rings (SSSR count). The minimum Gasteiger partial charge on any atom is -0.331 e. The molecule has 0 radical (unpaired) electrons. The van der Waals surface area contributed by atoms with Gasteiger partial charge in [0.2, 0.25) is 5.78 Å². The molecule has 2 aromatic heterocycles. The summed E-state index contributed by atoms with van der Waals surface area (Å²) in [5, 5.41) is 0. The molecule has 5 heteroatoms. The Morgan fingerprint density at radius 1 is 1.14 bits per heavy atom. The quantitative estimate of drug-likeness (QED) is 0.870. The van der Waals surface area contributed by atoms with Crippen LogP contribution in [0.1, 0.15) is 55.4 Å². The molecular formula is C16H20N4O. The van der Waals surface area contributed by atoms with E-state index >= 15 is 0 Å².